The van der Waals surface area contributed by atoms with Crippen molar-refractivity contribution in [3.05, 3.63) is 47.5 Å². The van der Waals surface area contributed by atoms with Gasteiger partial charge in [0.15, 0.2) is 0 Å². The number of aliphatic hydroxyl groups excluding tert-OH is 1. The van der Waals surface area contributed by atoms with E-state index in [1.807, 2.05) is 36.4 Å². The van der Waals surface area contributed by atoms with Gasteiger partial charge in [-0.2, -0.15) is 0 Å². The maximum atomic E-state index is 11.9. The van der Waals surface area contributed by atoms with E-state index in [-0.39, 0.29) is 11.8 Å². The first kappa shape index (κ1) is 13.8. The second-order valence-corrected chi connectivity index (χ2v) is 5.30. The van der Waals surface area contributed by atoms with E-state index >= 15 is 0 Å². The van der Waals surface area contributed by atoms with Crippen LogP contribution in [0, 0.1) is 5.92 Å². The Morgan fingerprint density at radius 3 is 2.53 bits per heavy atom. The number of hydrogen-bond donors (Lipinski definition) is 1. The first-order valence-electron chi connectivity index (χ1n) is 6.72. The van der Waals surface area contributed by atoms with Gasteiger partial charge in [-0.1, -0.05) is 36.4 Å². The van der Waals surface area contributed by atoms with Gasteiger partial charge in [0.1, 0.15) is 6.10 Å². The van der Waals surface area contributed by atoms with E-state index in [0.717, 1.165) is 30.4 Å². The zero-order valence-electron chi connectivity index (χ0n) is 11.5. The summed E-state index contributed by atoms with van der Waals surface area (Å²) in [4.78, 5) is 13.5. The molecule has 1 aliphatic carbocycles. The standard InChI is InChI=1S/C16H21NO2/c1-17(2)16(19)14-10-8-13(9-11-14)15(18)12-6-4-3-5-7-12/h3-8,14-15,18H,9-11H2,1-2H3/t14-,15+/m1/s1. The number of carbonyl (C=O) groups excluding carboxylic acids is 1. The van der Waals surface area contributed by atoms with Gasteiger partial charge in [0.05, 0.1) is 0 Å². The number of rotatable bonds is 3. The molecule has 2 atom stereocenters. The van der Waals surface area contributed by atoms with Gasteiger partial charge >= 0.3 is 0 Å². The molecule has 102 valence electrons. The van der Waals surface area contributed by atoms with Gasteiger partial charge in [-0.25, -0.2) is 0 Å². The number of benzene rings is 1. The van der Waals surface area contributed by atoms with Crippen molar-refractivity contribution in [1.82, 2.24) is 4.90 Å². The van der Waals surface area contributed by atoms with Crippen LogP contribution in [0.2, 0.25) is 0 Å². The number of hydrogen-bond acceptors (Lipinski definition) is 2. The summed E-state index contributed by atoms with van der Waals surface area (Å²) >= 11 is 0. The predicted octanol–water partition coefficient (Wildman–Crippen LogP) is 2.53. The van der Waals surface area contributed by atoms with Crippen molar-refractivity contribution in [3.63, 3.8) is 0 Å². The fraction of sp³-hybridized carbons (Fsp3) is 0.438. The molecule has 0 aliphatic heterocycles. The first-order valence-corrected chi connectivity index (χ1v) is 6.72. The Morgan fingerprint density at radius 1 is 1.32 bits per heavy atom. The maximum Gasteiger partial charge on any atom is 0.225 e. The second-order valence-electron chi connectivity index (χ2n) is 5.30. The fourth-order valence-electron chi connectivity index (χ4n) is 2.54. The maximum absolute atomic E-state index is 11.9. The quantitative estimate of drug-likeness (QED) is 0.847. The van der Waals surface area contributed by atoms with Crippen LogP contribution in [0.25, 0.3) is 0 Å². The summed E-state index contributed by atoms with van der Waals surface area (Å²) in [7, 11) is 3.58. The van der Waals surface area contributed by atoms with Gasteiger partial charge in [-0.3, -0.25) is 4.79 Å². The molecule has 1 aliphatic rings. The molecular formula is C16H21NO2. The van der Waals surface area contributed by atoms with E-state index in [4.69, 9.17) is 0 Å². The van der Waals surface area contributed by atoms with Crippen LogP contribution >= 0.6 is 0 Å². The highest BCUT2D eigenvalue weighted by Crippen LogP contribution is 2.32. The van der Waals surface area contributed by atoms with Gasteiger partial charge in [0.2, 0.25) is 5.91 Å². The number of nitrogens with zero attached hydrogens (tertiary/aromatic N) is 1. The third-order valence-corrected chi connectivity index (χ3v) is 3.70. The number of amides is 1. The highest BCUT2D eigenvalue weighted by Gasteiger charge is 2.25. The van der Waals surface area contributed by atoms with Gasteiger partial charge in [-0.15, -0.1) is 0 Å². The van der Waals surface area contributed by atoms with E-state index in [9.17, 15) is 9.90 Å². The Bertz CT molecular complexity index is 465. The van der Waals surface area contributed by atoms with Crippen LogP contribution < -0.4 is 0 Å². The van der Waals surface area contributed by atoms with Crippen LogP contribution in [-0.4, -0.2) is 30.0 Å². The van der Waals surface area contributed by atoms with Crippen LogP contribution in [0.1, 0.15) is 30.9 Å². The molecular weight excluding hydrogens is 238 g/mol. The Hall–Kier alpha value is -1.61. The molecule has 0 bridgehead atoms. The molecule has 3 heteroatoms. The average molecular weight is 259 g/mol. The Labute approximate surface area is 114 Å². The van der Waals surface area contributed by atoms with Gasteiger partial charge in [0.25, 0.3) is 0 Å². The number of carbonyl (C=O) groups is 1. The molecule has 1 amide bonds. The van der Waals surface area contributed by atoms with E-state index in [1.54, 1.807) is 19.0 Å². The Morgan fingerprint density at radius 2 is 2.00 bits per heavy atom. The molecule has 0 heterocycles. The molecule has 0 radical (unpaired) electrons. The summed E-state index contributed by atoms with van der Waals surface area (Å²) in [5.74, 6) is 0.256. The number of allylic oxidation sites excluding steroid dienone is 1. The lowest BCUT2D eigenvalue weighted by Crippen LogP contribution is -2.30. The molecule has 2 rings (SSSR count). The summed E-state index contributed by atoms with van der Waals surface area (Å²) in [5.41, 5.74) is 1.96. The van der Waals surface area contributed by atoms with Crippen molar-refractivity contribution in [2.24, 2.45) is 5.92 Å². The Balaban J connectivity index is 2.03. The predicted molar refractivity (Wildman–Crippen MR) is 75.5 cm³/mol. The molecule has 1 N–H and O–H groups in total. The van der Waals surface area contributed by atoms with Crippen molar-refractivity contribution in [3.8, 4) is 0 Å². The van der Waals surface area contributed by atoms with Crippen molar-refractivity contribution < 1.29 is 9.90 Å². The van der Waals surface area contributed by atoms with Crippen LogP contribution in [0.4, 0.5) is 0 Å². The lowest BCUT2D eigenvalue weighted by atomic mass is 9.85. The highest BCUT2D eigenvalue weighted by atomic mass is 16.3. The zero-order valence-corrected chi connectivity index (χ0v) is 11.5. The van der Waals surface area contributed by atoms with Crippen LogP contribution in [0.5, 0.6) is 0 Å². The fourth-order valence-corrected chi connectivity index (χ4v) is 2.54. The van der Waals surface area contributed by atoms with Gasteiger partial charge in [0, 0.05) is 20.0 Å². The monoisotopic (exact) mass is 259 g/mol. The average Bonchev–Trinajstić information content (AvgIpc) is 2.46. The minimum atomic E-state index is -0.531. The highest BCUT2D eigenvalue weighted by molar-refractivity contribution is 5.78. The summed E-state index contributed by atoms with van der Waals surface area (Å²) in [5, 5.41) is 10.3. The summed E-state index contributed by atoms with van der Waals surface area (Å²) in [6.07, 6.45) is 3.85. The van der Waals surface area contributed by atoms with Crippen LogP contribution in [0.15, 0.2) is 42.0 Å². The van der Waals surface area contributed by atoms with Gasteiger partial charge in [-0.05, 0) is 30.4 Å². The molecule has 0 spiro atoms. The second kappa shape index (κ2) is 6.02. The minimum Gasteiger partial charge on any atom is -0.384 e. The molecule has 0 unspecified atom stereocenters. The van der Waals surface area contributed by atoms with Crippen molar-refractivity contribution >= 4 is 5.91 Å². The van der Waals surface area contributed by atoms with Crippen LogP contribution in [-0.2, 0) is 4.79 Å². The molecule has 0 saturated heterocycles. The normalized spacial score (nSPS) is 20.6. The minimum absolute atomic E-state index is 0.0710. The summed E-state index contributed by atoms with van der Waals surface area (Å²) in [6.45, 7) is 0. The first-order chi connectivity index (χ1) is 9.09. The van der Waals surface area contributed by atoms with E-state index in [2.05, 4.69) is 0 Å². The third kappa shape index (κ3) is 3.24. The smallest absolute Gasteiger partial charge is 0.225 e. The van der Waals surface area contributed by atoms with Crippen molar-refractivity contribution in [2.45, 2.75) is 25.4 Å². The van der Waals surface area contributed by atoms with Crippen molar-refractivity contribution in [1.29, 1.82) is 0 Å². The van der Waals surface area contributed by atoms with E-state index < -0.39 is 6.10 Å². The van der Waals surface area contributed by atoms with E-state index in [1.165, 1.54) is 0 Å². The molecule has 0 saturated carbocycles. The zero-order chi connectivity index (χ0) is 13.8. The Kier molecular flexibility index (Phi) is 4.38. The SMILES string of the molecule is CN(C)C(=O)[C@@H]1CC=C([C@@H](O)c2ccccc2)CC1. The molecule has 1 aromatic carbocycles. The topological polar surface area (TPSA) is 40.5 Å². The number of aliphatic hydroxyl groups is 1. The molecule has 1 aromatic rings. The van der Waals surface area contributed by atoms with E-state index in [0.29, 0.717) is 0 Å². The van der Waals surface area contributed by atoms with Crippen LogP contribution in [0.3, 0.4) is 0 Å². The largest absolute Gasteiger partial charge is 0.384 e. The lowest BCUT2D eigenvalue weighted by Gasteiger charge is -2.26. The van der Waals surface area contributed by atoms with Crippen molar-refractivity contribution in [2.75, 3.05) is 14.1 Å². The summed E-state index contributed by atoms with van der Waals surface area (Å²) < 4.78 is 0. The summed E-state index contributed by atoms with van der Waals surface area (Å²) in [6, 6.07) is 9.67. The molecule has 19 heavy (non-hydrogen) atoms. The molecule has 0 fully saturated rings. The molecule has 0 aromatic heterocycles. The van der Waals surface area contributed by atoms with Gasteiger partial charge < -0.3 is 10.0 Å². The third-order valence-electron chi connectivity index (χ3n) is 3.70. The lowest BCUT2D eigenvalue weighted by molar-refractivity contribution is -0.133. The molecule has 3 nitrogen and oxygen atoms in total.